The highest BCUT2D eigenvalue weighted by atomic mass is 16.5. The number of esters is 1. The molecule has 21 heavy (non-hydrogen) atoms. The summed E-state index contributed by atoms with van der Waals surface area (Å²) in [4.78, 5) is 25.9. The third-order valence-corrected chi connectivity index (χ3v) is 3.72. The van der Waals surface area contributed by atoms with E-state index in [1.165, 1.54) is 14.2 Å². The highest BCUT2D eigenvalue weighted by Crippen LogP contribution is 2.28. The molecule has 1 aromatic rings. The summed E-state index contributed by atoms with van der Waals surface area (Å²) in [5.74, 6) is -0.331. The molecule has 1 aliphatic heterocycles. The van der Waals surface area contributed by atoms with Crippen LogP contribution in [0, 0.1) is 5.92 Å². The van der Waals surface area contributed by atoms with Crippen LogP contribution in [-0.2, 0) is 9.53 Å². The minimum absolute atomic E-state index is 0.173. The summed E-state index contributed by atoms with van der Waals surface area (Å²) in [5.41, 5.74) is 6.67. The Balaban J connectivity index is 2.20. The van der Waals surface area contributed by atoms with E-state index in [1.54, 1.807) is 23.1 Å². The number of nitrogen functional groups attached to an aromatic ring is 1. The number of anilines is 1. The average Bonchev–Trinajstić information content (AvgIpc) is 2.53. The molecule has 0 spiro atoms. The fourth-order valence-electron chi connectivity index (χ4n) is 2.64. The Morgan fingerprint density at radius 3 is 2.76 bits per heavy atom. The summed E-state index contributed by atoms with van der Waals surface area (Å²) in [5, 5.41) is 0. The number of rotatable bonds is 3. The van der Waals surface area contributed by atoms with Crippen LogP contribution >= 0.6 is 0 Å². The first-order valence-corrected chi connectivity index (χ1v) is 6.88. The predicted octanol–water partition coefficient (Wildman–Crippen LogP) is 1.30. The summed E-state index contributed by atoms with van der Waals surface area (Å²) in [6.07, 6.45) is 1.51. The number of hydrogen-bond donors (Lipinski definition) is 1. The highest BCUT2D eigenvalue weighted by Gasteiger charge is 2.30. The SMILES string of the molecule is COC(=O)C1CCCN(C(=O)c2cccc(N)c2OC)C1. The van der Waals surface area contributed by atoms with Crippen LogP contribution in [0.1, 0.15) is 23.2 Å². The molecule has 0 bridgehead atoms. The van der Waals surface area contributed by atoms with E-state index in [-0.39, 0.29) is 17.8 Å². The molecular weight excluding hydrogens is 272 g/mol. The number of nitrogens with zero attached hydrogens (tertiary/aromatic N) is 1. The number of methoxy groups -OCH3 is 2. The summed E-state index contributed by atoms with van der Waals surface area (Å²) >= 11 is 0. The number of piperidine rings is 1. The zero-order valence-electron chi connectivity index (χ0n) is 12.3. The standard InChI is InChI=1S/C15H20N2O4/c1-20-13-11(6-3-7-12(13)16)14(18)17-8-4-5-10(9-17)15(19)21-2/h3,6-7,10H,4-5,8-9,16H2,1-2H3. The van der Waals surface area contributed by atoms with E-state index in [9.17, 15) is 9.59 Å². The number of nitrogens with two attached hydrogens (primary N) is 1. The lowest BCUT2D eigenvalue weighted by Crippen LogP contribution is -2.42. The second-order valence-corrected chi connectivity index (χ2v) is 5.04. The highest BCUT2D eigenvalue weighted by molar-refractivity contribution is 5.99. The molecule has 0 saturated carbocycles. The maximum Gasteiger partial charge on any atom is 0.310 e. The number of carbonyl (C=O) groups is 2. The Labute approximate surface area is 123 Å². The quantitative estimate of drug-likeness (QED) is 0.671. The van der Waals surface area contributed by atoms with Gasteiger partial charge in [-0.05, 0) is 25.0 Å². The van der Waals surface area contributed by atoms with Crippen molar-refractivity contribution in [1.29, 1.82) is 0 Å². The first kappa shape index (κ1) is 15.2. The number of hydrogen-bond acceptors (Lipinski definition) is 5. The van der Waals surface area contributed by atoms with Crippen molar-refractivity contribution in [1.82, 2.24) is 4.90 Å². The van der Waals surface area contributed by atoms with Gasteiger partial charge in [0, 0.05) is 13.1 Å². The smallest absolute Gasteiger partial charge is 0.310 e. The largest absolute Gasteiger partial charge is 0.494 e. The number of carbonyl (C=O) groups excluding carboxylic acids is 2. The topological polar surface area (TPSA) is 81.9 Å². The number of benzene rings is 1. The monoisotopic (exact) mass is 292 g/mol. The summed E-state index contributed by atoms with van der Waals surface area (Å²) in [6.45, 7) is 0.980. The Morgan fingerprint density at radius 1 is 1.33 bits per heavy atom. The molecule has 2 rings (SSSR count). The second-order valence-electron chi connectivity index (χ2n) is 5.04. The average molecular weight is 292 g/mol. The van der Waals surface area contributed by atoms with Gasteiger partial charge in [0.2, 0.25) is 0 Å². The molecule has 6 heteroatoms. The van der Waals surface area contributed by atoms with E-state index in [0.717, 1.165) is 12.8 Å². The van der Waals surface area contributed by atoms with Gasteiger partial charge in [-0.25, -0.2) is 0 Å². The molecule has 1 amide bonds. The lowest BCUT2D eigenvalue weighted by atomic mass is 9.97. The number of amides is 1. The Bertz CT molecular complexity index is 544. The van der Waals surface area contributed by atoms with Crippen molar-refractivity contribution in [2.24, 2.45) is 5.92 Å². The Kier molecular flexibility index (Phi) is 4.67. The van der Waals surface area contributed by atoms with Crippen molar-refractivity contribution in [2.45, 2.75) is 12.8 Å². The van der Waals surface area contributed by atoms with Gasteiger partial charge in [-0.15, -0.1) is 0 Å². The van der Waals surface area contributed by atoms with Gasteiger partial charge in [-0.2, -0.15) is 0 Å². The van der Waals surface area contributed by atoms with E-state index < -0.39 is 0 Å². The minimum atomic E-state index is -0.271. The number of likely N-dealkylation sites (tertiary alicyclic amines) is 1. The first-order valence-electron chi connectivity index (χ1n) is 6.88. The van der Waals surface area contributed by atoms with E-state index in [1.807, 2.05) is 0 Å². The first-order chi connectivity index (χ1) is 10.1. The Morgan fingerprint density at radius 2 is 2.10 bits per heavy atom. The molecule has 1 atom stereocenters. The van der Waals surface area contributed by atoms with Gasteiger partial charge >= 0.3 is 5.97 Å². The van der Waals surface area contributed by atoms with Gasteiger partial charge in [-0.3, -0.25) is 9.59 Å². The maximum absolute atomic E-state index is 12.6. The number of ether oxygens (including phenoxy) is 2. The van der Waals surface area contributed by atoms with Gasteiger partial charge in [0.1, 0.15) is 0 Å². The van der Waals surface area contributed by atoms with Crippen LogP contribution in [-0.4, -0.2) is 44.1 Å². The minimum Gasteiger partial charge on any atom is -0.494 e. The van der Waals surface area contributed by atoms with Gasteiger partial charge in [0.15, 0.2) is 5.75 Å². The summed E-state index contributed by atoms with van der Waals surface area (Å²) in [7, 11) is 2.85. The maximum atomic E-state index is 12.6. The third-order valence-electron chi connectivity index (χ3n) is 3.72. The lowest BCUT2D eigenvalue weighted by molar-refractivity contribution is -0.146. The fourth-order valence-corrected chi connectivity index (χ4v) is 2.64. The summed E-state index contributed by atoms with van der Waals surface area (Å²) < 4.78 is 9.99. The zero-order valence-corrected chi connectivity index (χ0v) is 12.3. The molecule has 1 heterocycles. The van der Waals surface area contributed by atoms with Crippen molar-refractivity contribution in [3.05, 3.63) is 23.8 Å². The Hall–Kier alpha value is -2.24. The van der Waals surface area contributed by atoms with Crippen LogP contribution in [0.2, 0.25) is 0 Å². The van der Waals surface area contributed by atoms with E-state index in [2.05, 4.69) is 0 Å². The van der Waals surface area contributed by atoms with Gasteiger partial charge in [-0.1, -0.05) is 6.07 Å². The number of para-hydroxylation sites is 1. The van der Waals surface area contributed by atoms with Crippen molar-refractivity contribution in [2.75, 3.05) is 33.0 Å². The normalized spacial score (nSPS) is 18.2. The van der Waals surface area contributed by atoms with Gasteiger partial charge in [0.25, 0.3) is 5.91 Å². The van der Waals surface area contributed by atoms with Crippen LogP contribution in [0.5, 0.6) is 5.75 Å². The molecule has 1 fully saturated rings. The van der Waals surface area contributed by atoms with Crippen LogP contribution in [0.15, 0.2) is 18.2 Å². The molecule has 1 aromatic carbocycles. The van der Waals surface area contributed by atoms with Crippen LogP contribution in [0.4, 0.5) is 5.69 Å². The van der Waals surface area contributed by atoms with Crippen LogP contribution in [0.3, 0.4) is 0 Å². The van der Waals surface area contributed by atoms with E-state index in [4.69, 9.17) is 15.2 Å². The molecule has 114 valence electrons. The molecule has 0 aromatic heterocycles. The molecule has 1 saturated heterocycles. The van der Waals surface area contributed by atoms with Gasteiger partial charge < -0.3 is 20.1 Å². The van der Waals surface area contributed by atoms with Crippen LogP contribution in [0.25, 0.3) is 0 Å². The van der Waals surface area contributed by atoms with Crippen molar-refractivity contribution < 1.29 is 19.1 Å². The van der Waals surface area contributed by atoms with Crippen LogP contribution < -0.4 is 10.5 Å². The van der Waals surface area contributed by atoms with Crippen molar-refractivity contribution in [3.8, 4) is 5.75 Å². The molecule has 6 nitrogen and oxygen atoms in total. The molecule has 0 radical (unpaired) electrons. The van der Waals surface area contributed by atoms with Crippen molar-refractivity contribution >= 4 is 17.6 Å². The molecule has 2 N–H and O–H groups in total. The molecule has 0 aliphatic carbocycles. The molecule has 1 aliphatic rings. The lowest BCUT2D eigenvalue weighted by Gasteiger charge is -2.31. The molecular formula is C15H20N2O4. The van der Waals surface area contributed by atoms with Crippen molar-refractivity contribution in [3.63, 3.8) is 0 Å². The second kappa shape index (κ2) is 6.47. The fraction of sp³-hybridized carbons (Fsp3) is 0.467. The zero-order chi connectivity index (χ0) is 15.4. The van der Waals surface area contributed by atoms with Gasteiger partial charge in [0.05, 0.1) is 31.4 Å². The van der Waals surface area contributed by atoms with E-state index in [0.29, 0.717) is 30.1 Å². The third kappa shape index (κ3) is 3.09. The summed E-state index contributed by atoms with van der Waals surface area (Å²) in [6, 6.07) is 5.08. The van der Waals surface area contributed by atoms with E-state index >= 15 is 0 Å². The molecule has 1 unspecified atom stereocenters. The predicted molar refractivity (Wildman–Crippen MR) is 78.0 cm³/mol.